The number of oxime groups is 1. The second-order valence-corrected chi connectivity index (χ2v) is 17.6. The monoisotopic (exact) mass is 949 g/mol. The van der Waals surface area contributed by atoms with Crippen LogP contribution in [0.3, 0.4) is 0 Å². The second kappa shape index (κ2) is 18.0. The minimum atomic E-state index is -1.72. The molecule has 3 heterocycles. The summed E-state index contributed by atoms with van der Waals surface area (Å²) in [5.74, 6) is -1.76. The van der Waals surface area contributed by atoms with Crippen LogP contribution in [0.15, 0.2) is 162 Å². The van der Waals surface area contributed by atoms with Crippen LogP contribution in [0.25, 0.3) is 0 Å². The smallest absolute Gasteiger partial charge is 0.320 e. The molecule has 11 nitrogen and oxygen atoms in total. The number of nitrogens with zero attached hydrogens (tertiary/aromatic N) is 3. The Hall–Kier alpha value is -5.55. The number of halogens is 1. The molecule has 2 amide bonds. The van der Waals surface area contributed by atoms with Crippen molar-refractivity contribution >= 4 is 73.7 Å². The second-order valence-electron chi connectivity index (χ2n) is 14.5. The van der Waals surface area contributed by atoms with Gasteiger partial charge in [0.15, 0.2) is 23.0 Å². The summed E-state index contributed by atoms with van der Waals surface area (Å²) in [5, 5.41) is 11.8. The van der Waals surface area contributed by atoms with Crippen LogP contribution >= 0.6 is 33.9 Å². The van der Waals surface area contributed by atoms with Gasteiger partial charge >= 0.3 is 5.97 Å². The van der Waals surface area contributed by atoms with Crippen molar-refractivity contribution in [2.24, 2.45) is 10.6 Å². The van der Waals surface area contributed by atoms with E-state index in [0.29, 0.717) is 5.13 Å². The van der Waals surface area contributed by atoms with Gasteiger partial charge in [0.2, 0.25) is 5.37 Å². The SMILES string of the molecule is CON=C(C(=O)NC1C(=O)N2CC(CI)(C(=O)OC(c3ccccc3)c3ccccc3)C[S+]([O-])[C@H]12)c1csc(NC(c2ccccc2)(c2ccccc2)c2ccccc2)n1. The number of fused-ring (bicyclic) bond motifs is 1. The Balaban J connectivity index is 1.01. The van der Waals surface area contributed by atoms with Crippen LogP contribution in [0.4, 0.5) is 5.13 Å². The number of esters is 1. The summed E-state index contributed by atoms with van der Waals surface area (Å²) >= 11 is 1.66. The average Bonchev–Trinajstić information content (AvgIpc) is 3.77. The van der Waals surface area contributed by atoms with Gasteiger partial charge in [0, 0.05) is 16.4 Å². The fourth-order valence-corrected chi connectivity index (χ4v) is 11.7. The fraction of sp³-hybridized carbons (Fsp3) is 0.196. The number of anilines is 1. The first-order valence-corrected chi connectivity index (χ1v) is 22.9. The Morgan fingerprint density at radius 1 is 0.883 bits per heavy atom. The van der Waals surface area contributed by atoms with E-state index in [1.165, 1.54) is 23.3 Å². The lowest BCUT2D eigenvalue weighted by atomic mass is 9.77. The first-order chi connectivity index (χ1) is 29.3. The summed E-state index contributed by atoms with van der Waals surface area (Å²) in [4.78, 5) is 53.2. The number of hydrogen-bond acceptors (Lipinski definition) is 10. The first-order valence-electron chi connectivity index (χ1n) is 19.2. The van der Waals surface area contributed by atoms with Crippen LogP contribution in [-0.2, 0) is 40.7 Å². The zero-order valence-corrected chi connectivity index (χ0v) is 36.1. The number of amides is 2. The molecule has 0 radical (unpaired) electrons. The maximum atomic E-state index is 14.1. The van der Waals surface area contributed by atoms with Crippen LogP contribution in [0.2, 0.25) is 0 Å². The number of hydrogen-bond donors (Lipinski definition) is 2. The number of aromatic nitrogens is 1. The third kappa shape index (κ3) is 7.91. The summed E-state index contributed by atoms with van der Waals surface area (Å²) in [6.07, 6.45) is -0.698. The van der Waals surface area contributed by atoms with E-state index in [-0.39, 0.29) is 28.1 Å². The van der Waals surface area contributed by atoms with Crippen LogP contribution in [-0.4, -0.2) is 73.2 Å². The maximum Gasteiger partial charge on any atom is 0.320 e. The lowest BCUT2D eigenvalue weighted by molar-refractivity contribution is -0.164. The molecule has 4 atom stereocenters. The van der Waals surface area contributed by atoms with E-state index in [9.17, 15) is 18.9 Å². The molecule has 2 aliphatic heterocycles. The molecular formula is C46H40IN5O6S2. The topological polar surface area (TPSA) is 145 Å². The van der Waals surface area contributed by atoms with Crippen molar-refractivity contribution in [3.8, 4) is 0 Å². The van der Waals surface area contributed by atoms with Crippen molar-refractivity contribution in [3.63, 3.8) is 0 Å². The molecule has 60 heavy (non-hydrogen) atoms. The number of carbonyl (C=O) groups is 3. The number of ether oxygens (including phenoxy) is 1. The predicted octanol–water partition coefficient (Wildman–Crippen LogP) is 7.07. The van der Waals surface area contributed by atoms with Crippen molar-refractivity contribution in [2.75, 3.05) is 29.2 Å². The average molecular weight is 950 g/mol. The molecule has 2 saturated heterocycles. The third-order valence-electron chi connectivity index (χ3n) is 10.8. The van der Waals surface area contributed by atoms with E-state index < -0.39 is 57.4 Å². The molecule has 0 spiro atoms. The van der Waals surface area contributed by atoms with Crippen molar-refractivity contribution in [1.29, 1.82) is 0 Å². The highest BCUT2D eigenvalue weighted by atomic mass is 127. The van der Waals surface area contributed by atoms with E-state index in [4.69, 9.17) is 14.6 Å². The van der Waals surface area contributed by atoms with Gasteiger partial charge in [-0.3, -0.25) is 19.3 Å². The number of nitrogens with one attached hydrogen (secondary N) is 2. The van der Waals surface area contributed by atoms with Crippen LogP contribution in [0, 0.1) is 5.41 Å². The lowest BCUT2D eigenvalue weighted by Crippen LogP contribution is -2.78. The summed E-state index contributed by atoms with van der Waals surface area (Å²) in [7, 11) is 1.32. The van der Waals surface area contributed by atoms with Crippen molar-refractivity contribution < 1.29 is 28.5 Å². The van der Waals surface area contributed by atoms with Crippen LogP contribution in [0.1, 0.15) is 39.6 Å². The van der Waals surface area contributed by atoms with Crippen LogP contribution < -0.4 is 10.6 Å². The van der Waals surface area contributed by atoms with Gasteiger partial charge in [-0.25, -0.2) is 4.98 Å². The largest absolute Gasteiger partial charge is 0.615 e. The third-order valence-corrected chi connectivity index (χ3v) is 14.9. The molecule has 0 aliphatic carbocycles. The van der Waals surface area contributed by atoms with Crippen molar-refractivity contribution in [3.05, 3.63) is 191 Å². The van der Waals surface area contributed by atoms with Gasteiger partial charge in [-0.05, 0) is 39.0 Å². The number of alkyl halides is 1. The summed E-state index contributed by atoms with van der Waals surface area (Å²) < 4.78 is 20.5. The standard InChI is InChI=1S/C46H40IN5O6S2/c1-57-51-37(36-27-59-44(48-36)50-46(33-21-11-4-12-22-33,34-23-13-5-14-24-34)35-25-15-6-16-26-35)40(53)49-38-41(54)52-29-45(28-47,30-60(56)42(38)52)43(55)58-39(31-17-7-2-8-18-31)32-19-9-3-10-20-32/h2-27,38-39,42H,28-30H2,1H3,(H,48,50)(H,49,53)/t38?,42-,45?,60?/m1/s1. The zero-order valence-electron chi connectivity index (χ0n) is 32.4. The van der Waals surface area contributed by atoms with Crippen molar-refractivity contribution in [1.82, 2.24) is 15.2 Å². The molecule has 14 heteroatoms. The molecule has 304 valence electrons. The highest BCUT2D eigenvalue weighted by Gasteiger charge is 2.64. The van der Waals surface area contributed by atoms with E-state index in [1.807, 2.05) is 115 Å². The number of β-lactam (4-membered cyclic amide) rings is 1. The van der Waals surface area contributed by atoms with E-state index in [1.54, 1.807) is 5.38 Å². The summed E-state index contributed by atoms with van der Waals surface area (Å²) in [6.45, 7) is -0.00118. The van der Waals surface area contributed by atoms with Gasteiger partial charge in [-0.2, -0.15) is 0 Å². The van der Waals surface area contributed by atoms with E-state index in [2.05, 4.69) is 74.8 Å². The predicted molar refractivity (Wildman–Crippen MR) is 241 cm³/mol. The Labute approximate surface area is 368 Å². The lowest BCUT2D eigenvalue weighted by Gasteiger charge is -2.53. The van der Waals surface area contributed by atoms with Crippen LogP contribution in [0.5, 0.6) is 0 Å². The molecule has 2 N–H and O–H groups in total. The molecule has 6 aromatic rings. The highest BCUT2D eigenvalue weighted by Crippen LogP contribution is 2.43. The molecule has 2 fully saturated rings. The molecule has 0 bridgehead atoms. The molecule has 1 aromatic heterocycles. The molecule has 3 unspecified atom stereocenters. The minimum Gasteiger partial charge on any atom is -0.615 e. The van der Waals surface area contributed by atoms with Gasteiger partial charge in [-0.15, -0.1) is 11.3 Å². The molecular weight excluding hydrogens is 910 g/mol. The number of rotatable bonds is 14. The van der Waals surface area contributed by atoms with Gasteiger partial charge < -0.3 is 24.8 Å². The van der Waals surface area contributed by atoms with E-state index >= 15 is 0 Å². The van der Waals surface area contributed by atoms with Gasteiger partial charge in [-0.1, -0.05) is 179 Å². The molecule has 8 rings (SSSR count). The first kappa shape index (κ1) is 41.2. The van der Waals surface area contributed by atoms with Crippen molar-refractivity contribution in [2.45, 2.75) is 23.1 Å². The molecule has 0 saturated carbocycles. The molecule has 2 aliphatic rings. The number of benzene rings is 5. The summed E-state index contributed by atoms with van der Waals surface area (Å²) in [5.41, 5.74) is 2.48. The van der Waals surface area contributed by atoms with Gasteiger partial charge in [0.1, 0.15) is 29.5 Å². The molecule has 5 aromatic carbocycles. The minimum absolute atomic E-state index is 0.00118. The van der Waals surface area contributed by atoms with E-state index in [0.717, 1.165) is 27.8 Å². The maximum absolute atomic E-state index is 14.1. The normalized spacial score (nSPS) is 20.1. The zero-order chi connectivity index (χ0) is 41.7. The Morgan fingerprint density at radius 3 is 1.87 bits per heavy atom. The Morgan fingerprint density at radius 2 is 1.38 bits per heavy atom. The number of thiazole rings is 1. The Bertz CT molecular complexity index is 2330. The fourth-order valence-electron chi connectivity index (χ4n) is 7.81. The summed E-state index contributed by atoms with van der Waals surface area (Å²) in [6, 6.07) is 47.9. The Kier molecular flexibility index (Phi) is 12.3. The van der Waals surface area contributed by atoms with Gasteiger partial charge in [0.25, 0.3) is 11.8 Å². The highest BCUT2D eigenvalue weighted by molar-refractivity contribution is 14.1. The quantitative estimate of drug-likeness (QED) is 0.0173. The van der Waals surface area contributed by atoms with Gasteiger partial charge in [0.05, 0.1) is 0 Å². The number of carbonyl (C=O) groups excluding carboxylic acids is 3.